The van der Waals surface area contributed by atoms with Crippen LogP contribution in [0.15, 0.2) is 11.6 Å². The van der Waals surface area contributed by atoms with E-state index in [2.05, 4.69) is 16.6 Å². The number of hydrogen-bond acceptors (Lipinski definition) is 3. The van der Waals surface area contributed by atoms with Crippen LogP contribution in [-0.4, -0.2) is 25.7 Å². The standard InChI is InChI=1S/C7H12ClNO2/c1-5(8)4-9-6(2)7(10)11-3/h6,9H,1,4H2,2-3H3. The van der Waals surface area contributed by atoms with Crippen LogP contribution < -0.4 is 5.32 Å². The van der Waals surface area contributed by atoms with Gasteiger partial charge in [0.05, 0.1) is 7.11 Å². The Morgan fingerprint density at radius 2 is 2.36 bits per heavy atom. The van der Waals surface area contributed by atoms with E-state index in [-0.39, 0.29) is 12.0 Å². The lowest BCUT2D eigenvalue weighted by Gasteiger charge is -2.09. The molecule has 64 valence electrons. The molecular weight excluding hydrogens is 166 g/mol. The van der Waals surface area contributed by atoms with E-state index in [0.717, 1.165) is 0 Å². The number of carbonyl (C=O) groups excluding carboxylic acids is 1. The van der Waals surface area contributed by atoms with Crippen LogP contribution in [0.1, 0.15) is 6.92 Å². The second kappa shape index (κ2) is 5.16. The molecule has 0 saturated heterocycles. The van der Waals surface area contributed by atoms with Gasteiger partial charge in [-0.3, -0.25) is 10.1 Å². The van der Waals surface area contributed by atoms with Crippen molar-refractivity contribution in [3.05, 3.63) is 11.6 Å². The lowest BCUT2D eigenvalue weighted by molar-refractivity contribution is -0.142. The van der Waals surface area contributed by atoms with Crippen molar-refractivity contribution in [3.63, 3.8) is 0 Å². The predicted octanol–water partition coefficient (Wildman–Crippen LogP) is 0.890. The van der Waals surface area contributed by atoms with Gasteiger partial charge in [0.1, 0.15) is 6.04 Å². The third kappa shape index (κ3) is 4.81. The summed E-state index contributed by atoms with van der Waals surface area (Å²) in [5.41, 5.74) is 0. The van der Waals surface area contributed by atoms with Gasteiger partial charge in [-0.15, -0.1) is 0 Å². The lowest BCUT2D eigenvalue weighted by atomic mass is 10.3. The molecule has 0 aliphatic heterocycles. The fourth-order valence-electron chi connectivity index (χ4n) is 0.524. The van der Waals surface area contributed by atoms with E-state index >= 15 is 0 Å². The summed E-state index contributed by atoms with van der Waals surface area (Å²) in [6.45, 7) is 5.58. The second-order valence-corrected chi connectivity index (χ2v) is 2.68. The maximum atomic E-state index is 10.8. The van der Waals surface area contributed by atoms with Gasteiger partial charge < -0.3 is 4.74 Å². The molecule has 1 atom stereocenters. The Balaban J connectivity index is 3.60. The van der Waals surface area contributed by atoms with Crippen LogP contribution >= 0.6 is 11.6 Å². The van der Waals surface area contributed by atoms with Crippen LogP contribution in [0.25, 0.3) is 0 Å². The number of carbonyl (C=O) groups is 1. The molecule has 11 heavy (non-hydrogen) atoms. The Labute approximate surface area is 71.4 Å². The van der Waals surface area contributed by atoms with Crippen molar-refractivity contribution in [3.8, 4) is 0 Å². The normalized spacial score (nSPS) is 12.3. The van der Waals surface area contributed by atoms with Crippen LogP contribution in [0.5, 0.6) is 0 Å². The van der Waals surface area contributed by atoms with Crippen molar-refractivity contribution >= 4 is 17.6 Å². The van der Waals surface area contributed by atoms with E-state index < -0.39 is 0 Å². The summed E-state index contributed by atoms with van der Waals surface area (Å²) in [7, 11) is 1.34. The summed E-state index contributed by atoms with van der Waals surface area (Å²) >= 11 is 5.46. The molecule has 0 aliphatic rings. The summed E-state index contributed by atoms with van der Waals surface area (Å²) < 4.78 is 4.47. The van der Waals surface area contributed by atoms with Crippen molar-refractivity contribution in [2.45, 2.75) is 13.0 Å². The summed E-state index contributed by atoms with van der Waals surface area (Å²) in [6.07, 6.45) is 0. The first-order valence-corrected chi connectivity index (χ1v) is 3.60. The molecule has 0 fully saturated rings. The van der Waals surface area contributed by atoms with Gasteiger partial charge in [0, 0.05) is 11.6 Å². The van der Waals surface area contributed by atoms with Crippen molar-refractivity contribution in [1.82, 2.24) is 5.32 Å². The van der Waals surface area contributed by atoms with Gasteiger partial charge >= 0.3 is 5.97 Å². The fraction of sp³-hybridized carbons (Fsp3) is 0.571. The monoisotopic (exact) mass is 177 g/mol. The number of esters is 1. The summed E-state index contributed by atoms with van der Waals surface area (Å²) in [6, 6.07) is -0.338. The minimum absolute atomic E-state index is 0.303. The van der Waals surface area contributed by atoms with E-state index in [1.165, 1.54) is 7.11 Å². The number of hydrogen-bond donors (Lipinski definition) is 1. The van der Waals surface area contributed by atoms with Crippen molar-refractivity contribution in [1.29, 1.82) is 0 Å². The molecule has 0 spiro atoms. The van der Waals surface area contributed by atoms with E-state index in [1.54, 1.807) is 6.92 Å². The Morgan fingerprint density at radius 3 is 2.73 bits per heavy atom. The van der Waals surface area contributed by atoms with Gasteiger partial charge in [0.15, 0.2) is 0 Å². The average molecular weight is 178 g/mol. The number of ether oxygens (including phenoxy) is 1. The highest BCUT2D eigenvalue weighted by Gasteiger charge is 2.10. The number of rotatable bonds is 4. The Bertz CT molecular complexity index is 159. The third-order valence-corrected chi connectivity index (χ3v) is 1.29. The SMILES string of the molecule is C=C(Cl)CNC(C)C(=O)OC. The quantitative estimate of drug-likeness (QED) is 0.649. The Morgan fingerprint density at radius 1 is 1.82 bits per heavy atom. The Kier molecular flexibility index (Phi) is 4.90. The van der Waals surface area contributed by atoms with E-state index in [1.807, 2.05) is 0 Å². The number of methoxy groups -OCH3 is 1. The molecule has 0 amide bonds. The third-order valence-electron chi connectivity index (χ3n) is 1.15. The number of halogens is 1. The average Bonchev–Trinajstić information content (AvgIpc) is 1.98. The molecule has 1 N–H and O–H groups in total. The van der Waals surface area contributed by atoms with Gasteiger partial charge in [-0.1, -0.05) is 18.2 Å². The van der Waals surface area contributed by atoms with Crippen LogP contribution in [0.3, 0.4) is 0 Å². The van der Waals surface area contributed by atoms with Gasteiger partial charge in [-0.05, 0) is 6.92 Å². The molecular formula is C7H12ClNO2. The van der Waals surface area contributed by atoms with E-state index in [9.17, 15) is 4.79 Å². The summed E-state index contributed by atoms with van der Waals surface area (Å²) in [4.78, 5) is 10.8. The molecule has 0 aliphatic carbocycles. The highest BCUT2D eigenvalue weighted by molar-refractivity contribution is 6.29. The molecule has 0 saturated carbocycles. The molecule has 0 aromatic carbocycles. The first kappa shape index (κ1) is 10.5. The molecule has 0 aromatic heterocycles. The predicted molar refractivity (Wildman–Crippen MR) is 44.5 cm³/mol. The van der Waals surface area contributed by atoms with E-state index in [0.29, 0.717) is 11.6 Å². The maximum absolute atomic E-state index is 10.8. The minimum Gasteiger partial charge on any atom is -0.468 e. The lowest BCUT2D eigenvalue weighted by Crippen LogP contribution is -2.35. The van der Waals surface area contributed by atoms with Gasteiger partial charge in [0.2, 0.25) is 0 Å². The highest BCUT2D eigenvalue weighted by Crippen LogP contribution is 1.94. The molecule has 1 unspecified atom stereocenters. The van der Waals surface area contributed by atoms with Crippen LogP contribution in [0.4, 0.5) is 0 Å². The fourth-order valence-corrected chi connectivity index (χ4v) is 0.601. The largest absolute Gasteiger partial charge is 0.468 e. The van der Waals surface area contributed by atoms with Crippen molar-refractivity contribution in [2.24, 2.45) is 0 Å². The zero-order chi connectivity index (χ0) is 8.85. The molecule has 0 radical (unpaired) electrons. The van der Waals surface area contributed by atoms with Crippen molar-refractivity contribution < 1.29 is 9.53 Å². The number of nitrogens with one attached hydrogen (secondary N) is 1. The van der Waals surface area contributed by atoms with Crippen LogP contribution in [0, 0.1) is 0 Å². The topological polar surface area (TPSA) is 38.3 Å². The Hall–Kier alpha value is -0.540. The molecule has 0 heterocycles. The first-order chi connectivity index (χ1) is 5.07. The highest BCUT2D eigenvalue weighted by atomic mass is 35.5. The van der Waals surface area contributed by atoms with E-state index in [4.69, 9.17) is 11.6 Å². The summed E-state index contributed by atoms with van der Waals surface area (Å²) in [5, 5.41) is 3.30. The minimum atomic E-state index is -0.338. The second-order valence-electron chi connectivity index (χ2n) is 2.14. The van der Waals surface area contributed by atoms with Gasteiger partial charge in [0.25, 0.3) is 0 Å². The van der Waals surface area contributed by atoms with Gasteiger partial charge in [-0.2, -0.15) is 0 Å². The smallest absolute Gasteiger partial charge is 0.322 e. The van der Waals surface area contributed by atoms with Gasteiger partial charge in [-0.25, -0.2) is 0 Å². The first-order valence-electron chi connectivity index (χ1n) is 3.22. The molecule has 0 aromatic rings. The zero-order valence-corrected chi connectivity index (χ0v) is 7.44. The van der Waals surface area contributed by atoms with Crippen molar-refractivity contribution in [2.75, 3.05) is 13.7 Å². The molecule has 0 rings (SSSR count). The molecule has 0 bridgehead atoms. The molecule has 4 heteroatoms. The van der Waals surface area contributed by atoms with Crippen LogP contribution in [0.2, 0.25) is 0 Å². The molecule has 3 nitrogen and oxygen atoms in total. The zero-order valence-electron chi connectivity index (χ0n) is 6.69. The van der Waals surface area contributed by atoms with Crippen LogP contribution in [-0.2, 0) is 9.53 Å². The maximum Gasteiger partial charge on any atom is 0.322 e. The summed E-state index contributed by atoms with van der Waals surface area (Å²) in [5.74, 6) is -0.303.